The van der Waals surface area contributed by atoms with E-state index in [0.717, 1.165) is 15.9 Å². The molecule has 18 heavy (non-hydrogen) atoms. The highest BCUT2D eigenvalue weighted by atomic mass is 79.9. The first-order valence-corrected chi connectivity index (χ1v) is 6.82. The van der Waals surface area contributed by atoms with Crippen LogP contribution in [-0.4, -0.2) is 15.1 Å². The molecule has 4 nitrogen and oxygen atoms in total. The van der Waals surface area contributed by atoms with Crippen molar-refractivity contribution < 1.29 is 4.52 Å². The van der Waals surface area contributed by atoms with Gasteiger partial charge in [-0.2, -0.15) is 4.98 Å². The Bertz CT molecular complexity index is 575. The molecule has 2 heterocycles. The molecule has 0 bridgehead atoms. The van der Waals surface area contributed by atoms with Crippen LogP contribution in [0.4, 0.5) is 0 Å². The first-order valence-electron chi connectivity index (χ1n) is 6.02. The molecule has 5 heteroatoms. The number of rotatable bonds is 3. The molecule has 1 aliphatic rings. The lowest BCUT2D eigenvalue weighted by Gasteiger charge is -2.19. The summed E-state index contributed by atoms with van der Waals surface area (Å²) in [4.78, 5) is 8.72. The fraction of sp³-hybridized carbons (Fsp3) is 0.462. The van der Waals surface area contributed by atoms with Gasteiger partial charge in [0.2, 0.25) is 5.89 Å². The van der Waals surface area contributed by atoms with Gasteiger partial charge in [-0.05, 0) is 54.2 Å². The van der Waals surface area contributed by atoms with E-state index in [1.807, 2.05) is 12.3 Å². The Hall–Kier alpha value is -1.23. The van der Waals surface area contributed by atoms with Crippen LogP contribution in [0.15, 0.2) is 27.5 Å². The number of hydrogen-bond acceptors (Lipinski definition) is 4. The van der Waals surface area contributed by atoms with Crippen LogP contribution in [0.3, 0.4) is 0 Å². The molecule has 0 amide bonds. The van der Waals surface area contributed by atoms with Gasteiger partial charge in [-0.1, -0.05) is 5.16 Å². The van der Waals surface area contributed by atoms with Crippen LogP contribution in [0.1, 0.15) is 49.9 Å². The van der Waals surface area contributed by atoms with Crippen LogP contribution in [0.5, 0.6) is 0 Å². The number of halogens is 1. The van der Waals surface area contributed by atoms with Gasteiger partial charge in [0, 0.05) is 22.8 Å². The maximum Gasteiger partial charge on any atom is 0.236 e. The summed E-state index contributed by atoms with van der Waals surface area (Å²) in [7, 11) is 0. The zero-order valence-electron chi connectivity index (χ0n) is 10.4. The molecule has 0 atom stereocenters. The smallest absolute Gasteiger partial charge is 0.236 e. The van der Waals surface area contributed by atoms with Crippen molar-refractivity contribution >= 4 is 15.9 Å². The van der Waals surface area contributed by atoms with E-state index in [9.17, 15) is 0 Å². The van der Waals surface area contributed by atoms with Gasteiger partial charge in [0.25, 0.3) is 0 Å². The van der Waals surface area contributed by atoms with Crippen LogP contribution in [0.2, 0.25) is 0 Å². The Morgan fingerprint density at radius 1 is 1.33 bits per heavy atom. The van der Waals surface area contributed by atoms with Crippen molar-refractivity contribution in [3.63, 3.8) is 0 Å². The van der Waals surface area contributed by atoms with Gasteiger partial charge < -0.3 is 4.52 Å². The summed E-state index contributed by atoms with van der Waals surface area (Å²) in [5.74, 6) is 2.02. The summed E-state index contributed by atoms with van der Waals surface area (Å²) in [5.41, 5.74) is 0.736. The van der Waals surface area contributed by atoms with Gasteiger partial charge in [0.15, 0.2) is 5.82 Å². The molecule has 1 aliphatic carbocycles. The largest absolute Gasteiger partial charge is 0.338 e. The number of hydrogen-bond donors (Lipinski definition) is 0. The summed E-state index contributed by atoms with van der Waals surface area (Å²) >= 11 is 3.44. The van der Waals surface area contributed by atoms with Crippen LogP contribution < -0.4 is 0 Å². The molecular formula is C13H14BrN3O. The van der Waals surface area contributed by atoms with Gasteiger partial charge in [-0.25, -0.2) is 0 Å². The fourth-order valence-electron chi connectivity index (χ4n) is 1.87. The van der Waals surface area contributed by atoms with Crippen molar-refractivity contribution in [3.05, 3.63) is 40.2 Å². The molecule has 0 saturated heterocycles. The molecular weight excluding hydrogens is 294 g/mol. The molecule has 2 aromatic rings. The third kappa shape index (κ3) is 2.07. The van der Waals surface area contributed by atoms with Crippen molar-refractivity contribution in [1.29, 1.82) is 0 Å². The van der Waals surface area contributed by atoms with Crippen molar-refractivity contribution in [2.75, 3.05) is 0 Å². The summed E-state index contributed by atoms with van der Waals surface area (Å²) in [6, 6.07) is 2.04. The van der Waals surface area contributed by atoms with E-state index in [2.05, 4.69) is 44.9 Å². The lowest BCUT2D eigenvalue weighted by Crippen LogP contribution is -2.19. The highest BCUT2D eigenvalue weighted by molar-refractivity contribution is 9.10. The van der Waals surface area contributed by atoms with Gasteiger partial charge >= 0.3 is 0 Å². The van der Waals surface area contributed by atoms with E-state index in [0.29, 0.717) is 11.8 Å². The maximum atomic E-state index is 5.42. The first kappa shape index (κ1) is 11.8. The molecule has 0 radical (unpaired) electrons. The molecule has 94 valence electrons. The lowest BCUT2D eigenvalue weighted by atomic mass is 9.85. The normalized spacial score (nSPS) is 15.9. The topological polar surface area (TPSA) is 51.8 Å². The summed E-state index contributed by atoms with van der Waals surface area (Å²) < 4.78 is 6.37. The fourth-order valence-corrected chi connectivity index (χ4v) is 2.24. The highest BCUT2D eigenvalue weighted by Crippen LogP contribution is 2.39. The Kier molecular flexibility index (Phi) is 2.73. The van der Waals surface area contributed by atoms with E-state index in [1.165, 1.54) is 12.8 Å². The van der Waals surface area contributed by atoms with E-state index in [1.54, 1.807) is 6.20 Å². The lowest BCUT2D eigenvalue weighted by molar-refractivity contribution is 0.329. The standard InChI is InChI=1S/C13H14BrN3O/c1-13(2,9-5-10(14)7-15-6-9)12-16-11(17-18-12)8-3-4-8/h5-8H,3-4H2,1-2H3. The average molecular weight is 308 g/mol. The van der Waals surface area contributed by atoms with E-state index in [-0.39, 0.29) is 5.41 Å². The average Bonchev–Trinajstić information content (AvgIpc) is 3.06. The SMILES string of the molecule is CC(C)(c1cncc(Br)c1)c1nc(C2CC2)no1. The molecule has 1 saturated carbocycles. The summed E-state index contributed by atoms with van der Waals surface area (Å²) in [5, 5.41) is 4.07. The van der Waals surface area contributed by atoms with Gasteiger partial charge in [-0.3, -0.25) is 4.98 Å². The van der Waals surface area contributed by atoms with Gasteiger partial charge in [-0.15, -0.1) is 0 Å². The minimum absolute atomic E-state index is 0.322. The van der Waals surface area contributed by atoms with Crippen molar-refractivity contribution in [2.24, 2.45) is 0 Å². The summed E-state index contributed by atoms with van der Waals surface area (Å²) in [6.45, 7) is 4.14. The van der Waals surface area contributed by atoms with Crippen molar-refractivity contribution in [2.45, 2.75) is 38.0 Å². The third-order valence-corrected chi connectivity index (χ3v) is 3.78. The molecule has 3 rings (SSSR count). The van der Waals surface area contributed by atoms with E-state index >= 15 is 0 Å². The molecule has 0 N–H and O–H groups in total. The van der Waals surface area contributed by atoms with Crippen LogP contribution in [0.25, 0.3) is 0 Å². The van der Waals surface area contributed by atoms with Crippen LogP contribution >= 0.6 is 15.9 Å². The zero-order valence-corrected chi connectivity index (χ0v) is 11.9. The zero-order chi connectivity index (χ0) is 12.8. The quantitative estimate of drug-likeness (QED) is 0.871. The number of aromatic nitrogens is 3. The third-order valence-electron chi connectivity index (χ3n) is 3.35. The van der Waals surface area contributed by atoms with E-state index < -0.39 is 0 Å². The first-order chi connectivity index (χ1) is 8.57. The Balaban J connectivity index is 1.96. The summed E-state index contributed by atoms with van der Waals surface area (Å²) in [6.07, 6.45) is 5.96. The molecule has 0 aromatic carbocycles. The van der Waals surface area contributed by atoms with Crippen LogP contribution in [0, 0.1) is 0 Å². The van der Waals surface area contributed by atoms with Crippen molar-refractivity contribution in [3.8, 4) is 0 Å². The molecule has 2 aromatic heterocycles. The number of pyridine rings is 1. The highest BCUT2D eigenvalue weighted by Gasteiger charge is 2.34. The Morgan fingerprint density at radius 3 is 2.78 bits per heavy atom. The maximum absolute atomic E-state index is 5.42. The molecule has 0 spiro atoms. The van der Waals surface area contributed by atoms with Gasteiger partial charge in [0.05, 0.1) is 5.41 Å². The second-order valence-electron chi connectivity index (χ2n) is 5.25. The Labute approximate surface area is 114 Å². The van der Waals surface area contributed by atoms with Gasteiger partial charge in [0.1, 0.15) is 0 Å². The monoisotopic (exact) mass is 307 g/mol. The Morgan fingerprint density at radius 2 is 2.11 bits per heavy atom. The molecule has 0 unspecified atom stereocenters. The predicted molar refractivity (Wildman–Crippen MR) is 70.3 cm³/mol. The molecule has 0 aliphatic heterocycles. The van der Waals surface area contributed by atoms with Crippen LogP contribution in [-0.2, 0) is 5.41 Å². The molecule has 1 fully saturated rings. The minimum atomic E-state index is -0.322. The minimum Gasteiger partial charge on any atom is -0.338 e. The second-order valence-corrected chi connectivity index (χ2v) is 6.16. The number of nitrogens with zero attached hydrogens (tertiary/aromatic N) is 3. The predicted octanol–water partition coefficient (Wildman–Crippen LogP) is 3.43. The second kappa shape index (κ2) is 4.16. The van der Waals surface area contributed by atoms with Crippen molar-refractivity contribution in [1.82, 2.24) is 15.1 Å². The van der Waals surface area contributed by atoms with E-state index in [4.69, 9.17) is 4.52 Å².